The van der Waals surface area contributed by atoms with E-state index in [4.69, 9.17) is 20.6 Å². The molecule has 1 unspecified atom stereocenters. The van der Waals surface area contributed by atoms with Gasteiger partial charge in [-0.25, -0.2) is 4.57 Å². The smallest absolute Gasteiger partial charge is 0.393 e. The second-order valence-corrected chi connectivity index (χ2v) is 5.61. The molecule has 0 heterocycles. The number of hydrogen-bond acceptors (Lipinski definition) is 5. The summed E-state index contributed by atoms with van der Waals surface area (Å²) >= 11 is 5.50. The molecule has 1 rings (SSSR count). The van der Waals surface area contributed by atoms with Crippen molar-refractivity contribution < 1.29 is 18.5 Å². The summed E-state index contributed by atoms with van der Waals surface area (Å²) in [6.07, 6.45) is 0. The van der Waals surface area contributed by atoms with E-state index in [1.54, 1.807) is 6.92 Å². The van der Waals surface area contributed by atoms with Crippen LogP contribution in [0.1, 0.15) is 6.92 Å². The molecule has 17 heavy (non-hydrogen) atoms. The van der Waals surface area contributed by atoms with Crippen LogP contribution in [0.4, 0.5) is 5.69 Å². The highest BCUT2D eigenvalue weighted by atomic mass is 35.5. The fourth-order valence-corrected chi connectivity index (χ4v) is 2.43. The first-order valence-electron chi connectivity index (χ1n) is 4.74. The highest BCUT2D eigenvalue weighted by Gasteiger charge is 2.24. The average Bonchev–Trinajstić information content (AvgIpc) is 2.30. The lowest BCUT2D eigenvalue weighted by Crippen LogP contribution is -1.99. The summed E-state index contributed by atoms with van der Waals surface area (Å²) in [5.74, 6) is 0.216. The number of rotatable bonds is 6. The molecule has 0 bridgehead atoms. The Morgan fingerprint density at radius 2 is 2.00 bits per heavy atom. The molecule has 0 aliphatic carbocycles. The maximum atomic E-state index is 11.9. The Hall–Kier alpha value is -1.10. The summed E-state index contributed by atoms with van der Waals surface area (Å²) in [7, 11) is -3.37. The Balaban J connectivity index is 2.81. The largest absolute Gasteiger partial charge is 0.424 e. The van der Waals surface area contributed by atoms with Gasteiger partial charge in [0.2, 0.25) is 0 Å². The first-order chi connectivity index (χ1) is 8.00. The predicted molar refractivity (Wildman–Crippen MR) is 63.7 cm³/mol. The van der Waals surface area contributed by atoms with Crippen LogP contribution in [0.3, 0.4) is 0 Å². The first kappa shape index (κ1) is 14.0. The molecule has 0 N–H and O–H groups in total. The van der Waals surface area contributed by atoms with Gasteiger partial charge in [0.05, 0.1) is 11.5 Å². The molecule has 1 atom stereocenters. The van der Waals surface area contributed by atoms with E-state index in [0.29, 0.717) is 0 Å². The van der Waals surface area contributed by atoms with Gasteiger partial charge in [0.25, 0.3) is 5.69 Å². The molecule has 0 spiro atoms. The molecule has 0 radical (unpaired) electrons. The van der Waals surface area contributed by atoms with E-state index >= 15 is 0 Å². The minimum atomic E-state index is -3.37. The van der Waals surface area contributed by atoms with Gasteiger partial charge >= 0.3 is 7.60 Å². The highest BCUT2D eigenvalue weighted by molar-refractivity contribution is 7.56. The molecule has 0 saturated carbocycles. The van der Waals surface area contributed by atoms with Crippen molar-refractivity contribution in [2.45, 2.75) is 6.92 Å². The molecule has 0 fully saturated rings. The number of benzene rings is 1. The summed E-state index contributed by atoms with van der Waals surface area (Å²) in [6.45, 7) is 1.87. The van der Waals surface area contributed by atoms with E-state index in [0.717, 1.165) is 0 Å². The molecular weight excluding hydrogens is 269 g/mol. The molecule has 0 saturated heterocycles. The van der Waals surface area contributed by atoms with E-state index in [1.165, 1.54) is 24.3 Å². The van der Waals surface area contributed by atoms with Crippen molar-refractivity contribution in [2.24, 2.45) is 0 Å². The number of alkyl halides is 1. The third-order valence-corrected chi connectivity index (χ3v) is 4.08. The number of nitro groups is 1. The number of nitrogens with zero attached hydrogens (tertiary/aromatic N) is 1. The first-order valence-corrected chi connectivity index (χ1v) is 7.00. The molecule has 8 heteroatoms. The molecule has 94 valence electrons. The number of hydrogen-bond donors (Lipinski definition) is 0. The van der Waals surface area contributed by atoms with Gasteiger partial charge in [-0.15, -0.1) is 11.6 Å². The van der Waals surface area contributed by atoms with Crippen molar-refractivity contribution in [2.75, 3.05) is 12.2 Å². The average molecular weight is 280 g/mol. The maximum Gasteiger partial charge on any atom is 0.393 e. The quantitative estimate of drug-likeness (QED) is 0.345. The maximum absolute atomic E-state index is 11.9. The molecule has 6 nitrogen and oxygen atoms in total. The van der Waals surface area contributed by atoms with Crippen molar-refractivity contribution in [3.63, 3.8) is 0 Å². The third kappa shape index (κ3) is 4.00. The lowest BCUT2D eigenvalue weighted by molar-refractivity contribution is -0.384. The Kier molecular flexibility index (Phi) is 4.93. The Labute approximate surface area is 103 Å². The minimum absolute atomic E-state index is 0.0746. The second-order valence-electron chi connectivity index (χ2n) is 2.99. The summed E-state index contributed by atoms with van der Waals surface area (Å²) < 4.78 is 21.9. The monoisotopic (exact) mass is 279 g/mol. The van der Waals surface area contributed by atoms with Gasteiger partial charge in [-0.3, -0.25) is 14.6 Å². The van der Waals surface area contributed by atoms with Crippen LogP contribution >= 0.6 is 19.2 Å². The highest BCUT2D eigenvalue weighted by Crippen LogP contribution is 2.49. The number of halogens is 1. The van der Waals surface area contributed by atoms with Gasteiger partial charge in [-0.05, 0) is 19.1 Å². The lowest BCUT2D eigenvalue weighted by Gasteiger charge is -2.15. The zero-order valence-electron chi connectivity index (χ0n) is 9.04. The predicted octanol–water partition coefficient (Wildman–Crippen LogP) is 3.40. The van der Waals surface area contributed by atoms with E-state index < -0.39 is 12.5 Å². The molecule has 0 aromatic heterocycles. The van der Waals surface area contributed by atoms with Crippen LogP contribution in [0.5, 0.6) is 5.75 Å². The van der Waals surface area contributed by atoms with Gasteiger partial charge < -0.3 is 4.52 Å². The van der Waals surface area contributed by atoms with E-state index in [-0.39, 0.29) is 23.7 Å². The topological polar surface area (TPSA) is 78.7 Å². The summed E-state index contributed by atoms with van der Waals surface area (Å²) in [6, 6.07) is 5.19. The molecule has 0 amide bonds. The SMILES string of the molecule is CCOP(=O)(CCl)Oc1ccc([N+](=O)[O-])cc1. The second kappa shape index (κ2) is 6.00. The Morgan fingerprint density at radius 1 is 1.41 bits per heavy atom. The van der Waals surface area contributed by atoms with Gasteiger partial charge in [0.1, 0.15) is 11.4 Å². The minimum Gasteiger partial charge on any atom is -0.424 e. The standard InChI is InChI=1S/C9H11ClNO5P/c1-2-15-17(14,7-10)16-9-5-3-8(4-6-9)11(12)13/h3-6H,2,7H2,1H3. The van der Waals surface area contributed by atoms with Crippen LogP contribution < -0.4 is 4.52 Å². The van der Waals surface area contributed by atoms with Crippen LogP contribution in [-0.4, -0.2) is 17.2 Å². The molecular formula is C9H11ClNO5P. The summed E-state index contributed by atoms with van der Waals surface area (Å²) in [5, 5.41) is 10.4. The van der Waals surface area contributed by atoms with Crippen molar-refractivity contribution in [1.82, 2.24) is 0 Å². The van der Waals surface area contributed by atoms with E-state index in [1.807, 2.05) is 0 Å². The summed E-state index contributed by atoms with van der Waals surface area (Å²) in [4.78, 5) is 9.89. The van der Waals surface area contributed by atoms with Crippen molar-refractivity contribution >= 4 is 24.9 Å². The number of non-ortho nitro benzene ring substituents is 1. The Morgan fingerprint density at radius 3 is 2.41 bits per heavy atom. The summed E-state index contributed by atoms with van der Waals surface area (Å²) in [5.41, 5.74) is -0.355. The number of nitro benzene ring substituents is 1. The molecule has 0 aliphatic heterocycles. The van der Waals surface area contributed by atoms with Crippen molar-refractivity contribution in [1.29, 1.82) is 0 Å². The fourth-order valence-electron chi connectivity index (χ4n) is 1.07. The van der Waals surface area contributed by atoms with Crippen LogP contribution in [0, 0.1) is 10.1 Å². The van der Waals surface area contributed by atoms with Crippen LogP contribution in [0.25, 0.3) is 0 Å². The zero-order valence-corrected chi connectivity index (χ0v) is 10.7. The Bertz CT molecular complexity index is 436. The normalized spacial score (nSPS) is 14.0. The van der Waals surface area contributed by atoms with Crippen molar-refractivity contribution in [3.8, 4) is 5.75 Å². The van der Waals surface area contributed by atoms with E-state index in [9.17, 15) is 14.7 Å². The molecule has 1 aromatic carbocycles. The molecule has 0 aliphatic rings. The van der Waals surface area contributed by atoms with Crippen LogP contribution in [-0.2, 0) is 9.09 Å². The van der Waals surface area contributed by atoms with Gasteiger partial charge in [0, 0.05) is 12.1 Å². The van der Waals surface area contributed by atoms with Crippen LogP contribution in [0.15, 0.2) is 24.3 Å². The fraction of sp³-hybridized carbons (Fsp3) is 0.333. The zero-order chi connectivity index (χ0) is 12.9. The lowest BCUT2D eigenvalue weighted by atomic mass is 10.3. The third-order valence-electron chi connectivity index (χ3n) is 1.76. The van der Waals surface area contributed by atoms with Gasteiger partial charge in [-0.1, -0.05) is 0 Å². The molecule has 1 aromatic rings. The van der Waals surface area contributed by atoms with Gasteiger partial charge in [-0.2, -0.15) is 0 Å². The van der Waals surface area contributed by atoms with E-state index in [2.05, 4.69) is 0 Å². The van der Waals surface area contributed by atoms with Crippen molar-refractivity contribution in [3.05, 3.63) is 34.4 Å². The van der Waals surface area contributed by atoms with Crippen LogP contribution in [0.2, 0.25) is 0 Å². The van der Waals surface area contributed by atoms with Gasteiger partial charge in [0.15, 0.2) is 0 Å².